The zero-order chi connectivity index (χ0) is 21.7. The third-order valence-electron chi connectivity index (χ3n) is 4.94. The lowest BCUT2D eigenvalue weighted by molar-refractivity contribution is 0.428. The molecular weight excluding hydrogens is 425 g/mol. The Hall–Kier alpha value is -3.66. The number of nitrogens with one attached hydrogen (secondary N) is 2. The van der Waals surface area contributed by atoms with Gasteiger partial charge in [-0.2, -0.15) is 9.61 Å². The highest BCUT2D eigenvalue weighted by Crippen LogP contribution is 2.24. The molecule has 158 valence electrons. The molecule has 4 aromatic rings. The first-order chi connectivity index (χ1) is 14.9. The van der Waals surface area contributed by atoms with Crippen molar-refractivity contribution in [2.45, 2.75) is 18.9 Å². The molecule has 11 heteroatoms. The summed E-state index contributed by atoms with van der Waals surface area (Å²) in [7, 11) is 1.45. The molecule has 31 heavy (non-hydrogen) atoms. The summed E-state index contributed by atoms with van der Waals surface area (Å²) >= 11 is 5.99. The molecular formula is C20H17ClFN7O2. The molecule has 0 bridgehead atoms. The van der Waals surface area contributed by atoms with Crippen LogP contribution in [0.4, 0.5) is 15.9 Å². The number of aromatic hydroxyl groups is 1. The van der Waals surface area contributed by atoms with Crippen molar-refractivity contribution < 1.29 is 9.50 Å². The average Bonchev–Trinajstić information content (AvgIpc) is 3.42. The molecule has 1 fully saturated rings. The molecule has 0 aliphatic heterocycles. The molecule has 1 aliphatic carbocycles. The number of anilines is 2. The second kappa shape index (κ2) is 7.24. The van der Waals surface area contributed by atoms with Crippen LogP contribution in [0.3, 0.4) is 0 Å². The number of H-pyrrole nitrogens is 1. The van der Waals surface area contributed by atoms with Crippen molar-refractivity contribution in [2.24, 2.45) is 12.0 Å². The molecule has 3 heterocycles. The maximum atomic E-state index is 14.2. The van der Waals surface area contributed by atoms with Crippen LogP contribution >= 0.6 is 11.6 Å². The van der Waals surface area contributed by atoms with Crippen LogP contribution in [0.2, 0.25) is 5.02 Å². The molecule has 3 aromatic heterocycles. The van der Waals surface area contributed by atoms with Gasteiger partial charge in [0.1, 0.15) is 17.3 Å². The Balaban J connectivity index is 1.70. The van der Waals surface area contributed by atoms with Crippen molar-refractivity contribution in [3.05, 3.63) is 68.2 Å². The summed E-state index contributed by atoms with van der Waals surface area (Å²) in [5, 5.41) is 18.4. The normalized spacial score (nSPS) is 15.2. The quantitative estimate of drug-likeness (QED) is 0.445. The van der Waals surface area contributed by atoms with E-state index in [1.54, 1.807) is 22.9 Å². The van der Waals surface area contributed by atoms with Gasteiger partial charge in [-0.3, -0.25) is 9.56 Å². The summed E-state index contributed by atoms with van der Waals surface area (Å²) in [5.41, 5.74) is 0.941. The highest BCUT2D eigenvalue weighted by molar-refractivity contribution is 6.30. The van der Waals surface area contributed by atoms with Gasteiger partial charge in [-0.1, -0.05) is 11.6 Å². The highest BCUT2D eigenvalue weighted by atomic mass is 35.5. The third kappa shape index (κ3) is 3.66. The van der Waals surface area contributed by atoms with Gasteiger partial charge in [0, 0.05) is 23.4 Å². The molecule has 0 amide bonds. The molecule has 1 aromatic carbocycles. The number of benzene rings is 1. The second-order valence-electron chi connectivity index (χ2n) is 7.32. The lowest BCUT2D eigenvalue weighted by Gasteiger charge is -2.08. The van der Waals surface area contributed by atoms with Crippen molar-refractivity contribution in [1.29, 1.82) is 0 Å². The van der Waals surface area contributed by atoms with E-state index < -0.39 is 11.5 Å². The summed E-state index contributed by atoms with van der Waals surface area (Å²) < 4.78 is 16.9. The van der Waals surface area contributed by atoms with E-state index in [4.69, 9.17) is 11.6 Å². The maximum absolute atomic E-state index is 14.2. The number of aromatic amines is 1. The first kappa shape index (κ1) is 19.3. The fourth-order valence-corrected chi connectivity index (χ4v) is 3.30. The number of imidazole rings is 1. The van der Waals surface area contributed by atoms with E-state index in [2.05, 4.69) is 25.4 Å². The third-order valence-corrected chi connectivity index (χ3v) is 5.17. The lowest BCUT2D eigenvalue weighted by Crippen LogP contribution is -2.20. The van der Waals surface area contributed by atoms with Crippen molar-refractivity contribution in [1.82, 2.24) is 24.1 Å². The van der Waals surface area contributed by atoms with E-state index in [-0.39, 0.29) is 23.3 Å². The number of hydrogen-bond acceptors (Lipinski definition) is 6. The minimum Gasteiger partial charge on any atom is -0.493 e. The predicted octanol–water partition coefficient (Wildman–Crippen LogP) is 1.61. The van der Waals surface area contributed by atoms with E-state index in [1.165, 1.54) is 25.2 Å². The van der Waals surface area contributed by atoms with Crippen molar-refractivity contribution in [3.8, 4) is 5.88 Å². The Kier molecular flexibility index (Phi) is 4.51. The monoisotopic (exact) mass is 441 g/mol. The molecule has 1 aliphatic rings. The number of rotatable bonds is 4. The smallest absolute Gasteiger partial charge is 0.328 e. The topological polar surface area (TPSA) is 113 Å². The summed E-state index contributed by atoms with van der Waals surface area (Å²) in [4.78, 5) is 23.6. The Morgan fingerprint density at radius 1 is 1.39 bits per heavy atom. The van der Waals surface area contributed by atoms with Gasteiger partial charge in [-0.05, 0) is 37.1 Å². The van der Waals surface area contributed by atoms with Crippen LogP contribution in [0.25, 0.3) is 11.7 Å². The zero-order valence-corrected chi connectivity index (χ0v) is 17.1. The predicted molar refractivity (Wildman–Crippen MR) is 113 cm³/mol. The fourth-order valence-electron chi connectivity index (χ4n) is 3.13. The second-order valence-corrected chi connectivity index (χ2v) is 7.75. The Morgan fingerprint density at radius 3 is 2.90 bits per heavy atom. The van der Waals surface area contributed by atoms with Crippen LogP contribution in [-0.4, -0.2) is 35.3 Å². The summed E-state index contributed by atoms with van der Waals surface area (Å²) in [6.07, 6.45) is 5.11. The fraction of sp³-hybridized carbons (Fsp3) is 0.200. The van der Waals surface area contributed by atoms with Gasteiger partial charge >= 0.3 is 5.69 Å². The van der Waals surface area contributed by atoms with Gasteiger partial charge in [0.15, 0.2) is 11.1 Å². The highest BCUT2D eigenvalue weighted by Gasteiger charge is 2.20. The first-order valence-corrected chi connectivity index (χ1v) is 9.91. The Morgan fingerprint density at radius 2 is 2.19 bits per heavy atom. The molecule has 3 N–H and O–H groups in total. The van der Waals surface area contributed by atoms with Crippen molar-refractivity contribution >= 4 is 34.8 Å². The number of hydrogen-bond donors (Lipinski definition) is 3. The van der Waals surface area contributed by atoms with Crippen LogP contribution in [0.1, 0.15) is 18.5 Å². The van der Waals surface area contributed by atoms with Crippen LogP contribution in [0, 0.1) is 5.82 Å². The standard InChI is InChI=1S/C20H17ClFN7O2/c1-28-19(30)15(26-20(28)31)6-10-9-23-29-17(24-12-3-4-12)8-16(27-18(10)29)25-14-7-11(21)2-5-13(14)22/h2,5-9,12,25,30H,3-4H2,1H3,(H,26,31). The van der Waals surface area contributed by atoms with Gasteiger partial charge in [0.05, 0.1) is 17.9 Å². The van der Waals surface area contributed by atoms with Crippen molar-refractivity contribution in [2.75, 3.05) is 5.32 Å². The Bertz CT molecular complexity index is 1500. The minimum atomic E-state index is -0.473. The van der Waals surface area contributed by atoms with E-state index in [9.17, 15) is 14.3 Å². The van der Waals surface area contributed by atoms with Crippen LogP contribution in [0.5, 0.6) is 5.88 Å². The van der Waals surface area contributed by atoms with E-state index >= 15 is 0 Å². The Labute approximate surface area is 179 Å². The van der Waals surface area contributed by atoms with Crippen LogP contribution < -0.4 is 21.7 Å². The molecule has 0 spiro atoms. The van der Waals surface area contributed by atoms with E-state index in [0.717, 1.165) is 17.4 Å². The van der Waals surface area contributed by atoms with E-state index in [1.807, 2.05) is 0 Å². The van der Waals surface area contributed by atoms with Crippen LogP contribution in [0.15, 0.2) is 40.2 Å². The molecule has 0 radical (unpaired) electrons. The van der Waals surface area contributed by atoms with Gasteiger partial charge in [-0.25, -0.2) is 14.2 Å². The molecule has 1 saturated carbocycles. The SMILES string of the molecule is Cn1c(O)c(C=c2cnn3c(=NC4CC4)cc(Nc4cc(Cl)ccc4F)nc23)[nH]c1=O. The molecule has 0 unspecified atom stereocenters. The van der Waals surface area contributed by atoms with Gasteiger partial charge in [-0.15, -0.1) is 0 Å². The largest absolute Gasteiger partial charge is 0.493 e. The number of fused-ring (bicyclic) bond motifs is 1. The zero-order valence-electron chi connectivity index (χ0n) is 16.3. The van der Waals surface area contributed by atoms with Gasteiger partial charge in [0.25, 0.3) is 0 Å². The van der Waals surface area contributed by atoms with E-state index in [0.29, 0.717) is 27.2 Å². The molecule has 0 atom stereocenters. The average molecular weight is 442 g/mol. The number of nitrogens with zero attached hydrogens (tertiary/aromatic N) is 5. The molecule has 9 nitrogen and oxygen atoms in total. The van der Waals surface area contributed by atoms with Gasteiger partial charge in [0.2, 0.25) is 5.88 Å². The van der Waals surface area contributed by atoms with Crippen LogP contribution in [-0.2, 0) is 7.05 Å². The molecule has 0 saturated heterocycles. The number of aromatic nitrogens is 5. The summed E-state index contributed by atoms with van der Waals surface area (Å²) in [5.74, 6) is -0.324. The first-order valence-electron chi connectivity index (χ1n) is 9.53. The lowest BCUT2D eigenvalue weighted by atomic mass is 10.3. The molecule has 5 rings (SSSR count). The summed E-state index contributed by atoms with van der Waals surface area (Å²) in [6.45, 7) is 0. The number of halogens is 2. The summed E-state index contributed by atoms with van der Waals surface area (Å²) in [6, 6.07) is 6.10. The minimum absolute atomic E-state index is 0.178. The van der Waals surface area contributed by atoms with Gasteiger partial charge < -0.3 is 15.4 Å². The van der Waals surface area contributed by atoms with Crippen molar-refractivity contribution in [3.63, 3.8) is 0 Å². The maximum Gasteiger partial charge on any atom is 0.328 e.